The van der Waals surface area contributed by atoms with Gasteiger partial charge in [-0.25, -0.2) is 9.18 Å². The van der Waals surface area contributed by atoms with Crippen LogP contribution >= 0.6 is 0 Å². The SMILES string of the molecule is COC(=O)c1c(=O)[nH]cc2cc(F)ccc12. The van der Waals surface area contributed by atoms with Crippen molar-refractivity contribution in [3.8, 4) is 0 Å². The molecule has 0 saturated heterocycles. The molecule has 0 spiro atoms. The van der Waals surface area contributed by atoms with Crippen molar-refractivity contribution in [2.75, 3.05) is 7.11 Å². The molecule has 1 aromatic carbocycles. The number of fused-ring (bicyclic) bond motifs is 1. The van der Waals surface area contributed by atoms with E-state index < -0.39 is 17.3 Å². The molecule has 16 heavy (non-hydrogen) atoms. The lowest BCUT2D eigenvalue weighted by Crippen LogP contribution is -2.18. The van der Waals surface area contributed by atoms with Crippen LogP contribution < -0.4 is 5.56 Å². The highest BCUT2D eigenvalue weighted by atomic mass is 19.1. The lowest BCUT2D eigenvalue weighted by molar-refractivity contribution is 0.0601. The van der Waals surface area contributed by atoms with Crippen molar-refractivity contribution < 1.29 is 13.9 Å². The molecule has 0 amide bonds. The van der Waals surface area contributed by atoms with Crippen molar-refractivity contribution in [1.82, 2.24) is 4.98 Å². The summed E-state index contributed by atoms with van der Waals surface area (Å²) in [5.41, 5.74) is -0.661. The highest BCUT2D eigenvalue weighted by molar-refractivity contribution is 6.03. The maximum absolute atomic E-state index is 12.9. The molecule has 0 bridgehead atoms. The molecule has 1 heterocycles. The van der Waals surface area contributed by atoms with Gasteiger partial charge >= 0.3 is 5.97 Å². The molecule has 1 aromatic heterocycles. The van der Waals surface area contributed by atoms with Gasteiger partial charge in [0.15, 0.2) is 0 Å². The molecule has 0 unspecified atom stereocenters. The Morgan fingerprint density at radius 2 is 2.19 bits per heavy atom. The Kier molecular flexibility index (Phi) is 2.44. The third-order valence-electron chi connectivity index (χ3n) is 2.26. The number of esters is 1. The van der Waals surface area contributed by atoms with Crippen LogP contribution in [0.25, 0.3) is 10.8 Å². The fourth-order valence-corrected chi connectivity index (χ4v) is 1.52. The first-order valence-corrected chi connectivity index (χ1v) is 4.52. The normalized spacial score (nSPS) is 10.4. The molecule has 0 atom stereocenters. The summed E-state index contributed by atoms with van der Waals surface area (Å²) in [5, 5.41) is 0.817. The van der Waals surface area contributed by atoms with E-state index in [4.69, 9.17) is 0 Å². The van der Waals surface area contributed by atoms with E-state index in [1.807, 2.05) is 0 Å². The third-order valence-corrected chi connectivity index (χ3v) is 2.26. The molecular formula is C11H8FNO3. The van der Waals surface area contributed by atoms with E-state index >= 15 is 0 Å². The van der Waals surface area contributed by atoms with Gasteiger partial charge in [0.1, 0.15) is 11.4 Å². The fourth-order valence-electron chi connectivity index (χ4n) is 1.52. The predicted octanol–water partition coefficient (Wildman–Crippen LogP) is 1.45. The van der Waals surface area contributed by atoms with Crippen LogP contribution in [0, 0.1) is 5.82 Å². The molecule has 5 heteroatoms. The summed E-state index contributed by atoms with van der Waals surface area (Å²) in [6, 6.07) is 3.80. The van der Waals surface area contributed by atoms with Gasteiger partial charge in [-0.15, -0.1) is 0 Å². The van der Waals surface area contributed by atoms with Crippen LogP contribution in [0.4, 0.5) is 4.39 Å². The zero-order valence-electron chi connectivity index (χ0n) is 8.41. The van der Waals surface area contributed by atoms with Crippen LogP contribution in [-0.4, -0.2) is 18.1 Å². The number of methoxy groups -OCH3 is 1. The third kappa shape index (κ3) is 1.56. The summed E-state index contributed by atoms with van der Waals surface area (Å²) in [6.45, 7) is 0. The van der Waals surface area contributed by atoms with Gasteiger partial charge in [0.05, 0.1) is 7.11 Å². The van der Waals surface area contributed by atoms with Gasteiger partial charge in [-0.05, 0) is 12.1 Å². The maximum atomic E-state index is 12.9. The summed E-state index contributed by atoms with van der Waals surface area (Å²) >= 11 is 0. The number of H-pyrrole nitrogens is 1. The standard InChI is InChI=1S/C11H8FNO3/c1-16-11(15)9-8-3-2-7(12)4-6(8)5-13-10(9)14/h2-5H,1H3,(H,13,14). The molecule has 0 saturated carbocycles. The van der Waals surface area contributed by atoms with Crippen molar-refractivity contribution in [3.63, 3.8) is 0 Å². The minimum absolute atomic E-state index is 0.111. The number of aromatic amines is 1. The number of ether oxygens (including phenoxy) is 1. The summed E-state index contributed by atoms with van der Waals surface area (Å²) < 4.78 is 17.4. The van der Waals surface area contributed by atoms with E-state index in [2.05, 4.69) is 9.72 Å². The monoisotopic (exact) mass is 221 g/mol. The van der Waals surface area contributed by atoms with Crippen molar-refractivity contribution in [2.24, 2.45) is 0 Å². The minimum atomic E-state index is -0.738. The average Bonchev–Trinajstić information content (AvgIpc) is 2.28. The Bertz CT molecular complexity index is 618. The van der Waals surface area contributed by atoms with E-state index in [1.54, 1.807) is 0 Å². The molecule has 2 rings (SSSR count). The number of pyridine rings is 1. The molecule has 0 aliphatic heterocycles. The zero-order chi connectivity index (χ0) is 11.7. The van der Waals surface area contributed by atoms with Crippen LogP contribution in [0.1, 0.15) is 10.4 Å². The number of benzene rings is 1. The maximum Gasteiger partial charge on any atom is 0.344 e. The van der Waals surface area contributed by atoms with Crippen LogP contribution in [0.2, 0.25) is 0 Å². The van der Waals surface area contributed by atoms with Crippen molar-refractivity contribution in [3.05, 3.63) is 46.1 Å². The number of carbonyl (C=O) groups excluding carboxylic acids is 1. The van der Waals surface area contributed by atoms with Gasteiger partial charge in [0, 0.05) is 17.0 Å². The summed E-state index contributed by atoms with van der Waals surface area (Å²) in [7, 11) is 1.18. The smallest absolute Gasteiger partial charge is 0.344 e. The first-order valence-electron chi connectivity index (χ1n) is 4.52. The number of nitrogens with one attached hydrogen (secondary N) is 1. The first-order chi connectivity index (χ1) is 7.63. The number of carbonyl (C=O) groups is 1. The van der Waals surface area contributed by atoms with Crippen molar-refractivity contribution >= 4 is 16.7 Å². The van der Waals surface area contributed by atoms with Crippen LogP contribution in [0.15, 0.2) is 29.2 Å². The summed E-state index contributed by atoms with van der Waals surface area (Å²) in [5.74, 6) is -1.17. The number of hydrogen-bond donors (Lipinski definition) is 1. The molecule has 0 radical (unpaired) electrons. The van der Waals surface area contributed by atoms with Gasteiger partial charge < -0.3 is 9.72 Å². The van der Waals surface area contributed by atoms with E-state index in [-0.39, 0.29) is 5.56 Å². The minimum Gasteiger partial charge on any atom is -0.465 e. The molecule has 1 N–H and O–H groups in total. The van der Waals surface area contributed by atoms with Crippen molar-refractivity contribution in [2.45, 2.75) is 0 Å². The summed E-state index contributed by atoms with van der Waals surface area (Å²) in [4.78, 5) is 25.2. The van der Waals surface area contributed by atoms with E-state index in [1.165, 1.54) is 31.5 Å². The van der Waals surface area contributed by atoms with E-state index in [0.29, 0.717) is 10.8 Å². The van der Waals surface area contributed by atoms with Crippen molar-refractivity contribution in [1.29, 1.82) is 0 Å². The second-order valence-electron chi connectivity index (χ2n) is 3.22. The van der Waals surface area contributed by atoms with Gasteiger partial charge in [0.2, 0.25) is 0 Å². The van der Waals surface area contributed by atoms with Crippen LogP contribution in [0.3, 0.4) is 0 Å². The van der Waals surface area contributed by atoms with Crippen LogP contribution in [0.5, 0.6) is 0 Å². The number of rotatable bonds is 1. The fraction of sp³-hybridized carbons (Fsp3) is 0.0909. The largest absolute Gasteiger partial charge is 0.465 e. The quantitative estimate of drug-likeness (QED) is 0.741. The Balaban J connectivity index is 2.85. The Hall–Kier alpha value is -2.17. The van der Waals surface area contributed by atoms with Gasteiger partial charge in [0.25, 0.3) is 5.56 Å². The predicted molar refractivity (Wildman–Crippen MR) is 55.9 cm³/mol. The van der Waals surface area contributed by atoms with Gasteiger partial charge in [-0.1, -0.05) is 6.07 Å². The Morgan fingerprint density at radius 1 is 1.44 bits per heavy atom. The molecule has 82 valence electrons. The second-order valence-corrected chi connectivity index (χ2v) is 3.22. The molecule has 0 aliphatic carbocycles. The molecule has 2 aromatic rings. The second kappa shape index (κ2) is 3.77. The van der Waals surface area contributed by atoms with Crippen LogP contribution in [-0.2, 0) is 4.74 Å². The van der Waals surface area contributed by atoms with E-state index in [0.717, 1.165) is 0 Å². The molecular weight excluding hydrogens is 213 g/mol. The van der Waals surface area contributed by atoms with Gasteiger partial charge in [-0.3, -0.25) is 4.79 Å². The number of halogens is 1. The molecule has 0 fully saturated rings. The average molecular weight is 221 g/mol. The Labute approximate surface area is 89.7 Å². The highest BCUT2D eigenvalue weighted by Gasteiger charge is 2.15. The Morgan fingerprint density at radius 3 is 2.88 bits per heavy atom. The zero-order valence-corrected chi connectivity index (χ0v) is 8.41. The topological polar surface area (TPSA) is 59.2 Å². The number of hydrogen-bond acceptors (Lipinski definition) is 3. The van der Waals surface area contributed by atoms with E-state index in [9.17, 15) is 14.0 Å². The number of aromatic nitrogens is 1. The van der Waals surface area contributed by atoms with Gasteiger partial charge in [-0.2, -0.15) is 0 Å². The highest BCUT2D eigenvalue weighted by Crippen LogP contribution is 2.16. The lowest BCUT2D eigenvalue weighted by atomic mass is 10.1. The first kappa shape index (κ1) is 10.4. The molecule has 0 aliphatic rings. The molecule has 4 nitrogen and oxygen atoms in total. The lowest BCUT2D eigenvalue weighted by Gasteiger charge is -2.03. The summed E-state index contributed by atoms with van der Waals surface area (Å²) in [6.07, 6.45) is 1.35.